The highest BCUT2D eigenvalue weighted by Gasteiger charge is 2.06. The summed E-state index contributed by atoms with van der Waals surface area (Å²) < 4.78 is 0. The Morgan fingerprint density at radius 2 is 2.08 bits per heavy atom. The van der Waals surface area contributed by atoms with E-state index in [9.17, 15) is 4.79 Å². The second-order valence-corrected chi connectivity index (χ2v) is 5.81. The number of nitrogens with zero attached hydrogens (tertiary/aromatic N) is 1. The number of hydrogen-bond acceptors (Lipinski definition) is 3. The molecule has 5 nitrogen and oxygen atoms in total. The number of benzene rings is 2. The molecule has 0 aliphatic heterocycles. The van der Waals surface area contributed by atoms with Crippen molar-refractivity contribution >= 4 is 23.4 Å². The summed E-state index contributed by atoms with van der Waals surface area (Å²) in [5.41, 5.74) is 4.42. The van der Waals surface area contributed by atoms with Crippen LogP contribution in [0.25, 0.3) is 0 Å². The molecular formula is C18H19ClN2O3. The van der Waals surface area contributed by atoms with Crippen LogP contribution in [0.5, 0.6) is 0 Å². The van der Waals surface area contributed by atoms with Gasteiger partial charge < -0.3 is 15.3 Å². The minimum Gasteiger partial charge on any atom is -0.465 e. The Hall–Kier alpha value is -2.53. The van der Waals surface area contributed by atoms with Gasteiger partial charge in [0.1, 0.15) is 6.61 Å². The fourth-order valence-corrected chi connectivity index (χ4v) is 2.35. The summed E-state index contributed by atoms with van der Waals surface area (Å²) in [6.45, 7) is 4.38. The molecule has 0 saturated carbocycles. The first-order chi connectivity index (χ1) is 11.5. The zero-order chi connectivity index (χ0) is 17.5. The summed E-state index contributed by atoms with van der Waals surface area (Å²) in [6.07, 6.45) is -1.09. The molecule has 0 fully saturated rings. The fourth-order valence-electron chi connectivity index (χ4n) is 2.16. The van der Waals surface area contributed by atoms with E-state index in [0.717, 1.165) is 11.1 Å². The maximum Gasteiger partial charge on any atom is 0.404 e. The van der Waals surface area contributed by atoms with Crippen LogP contribution in [0.3, 0.4) is 0 Å². The molecule has 2 aromatic rings. The second-order valence-electron chi connectivity index (χ2n) is 5.40. The van der Waals surface area contributed by atoms with E-state index in [4.69, 9.17) is 21.5 Å². The highest BCUT2D eigenvalue weighted by molar-refractivity contribution is 6.31. The second kappa shape index (κ2) is 8.36. The van der Waals surface area contributed by atoms with Crippen molar-refractivity contribution in [2.75, 3.05) is 0 Å². The van der Waals surface area contributed by atoms with Gasteiger partial charge in [0.05, 0.1) is 5.71 Å². The van der Waals surface area contributed by atoms with E-state index in [2.05, 4.69) is 10.5 Å². The maximum absolute atomic E-state index is 10.6. The highest BCUT2D eigenvalue weighted by Crippen LogP contribution is 2.18. The molecule has 0 bridgehead atoms. The first-order valence-corrected chi connectivity index (χ1v) is 7.81. The molecule has 0 unspecified atom stereocenters. The molecular weight excluding hydrogens is 328 g/mol. The van der Waals surface area contributed by atoms with Crippen molar-refractivity contribution in [3.05, 3.63) is 69.7 Å². The molecule has 0 radical (unpaired) electrons. The van der Waals surface area contributed by atoms with E-state index >= 15 is 0 Å². The molecule has 0 aromatic heterocycles. The van der Waals surface area contributed by atoms with Gasteiger partial charge in [0.15, 0.2) is 0 Å². The van der Waals surface area contributed by atoms with E-state index in [1.54, 1.807) is 12.1 Å². The van der Waals surface area contributed by atoms with Gasteiger partial charge in [0.25, 0.3) is 0 Å². The van der Waals surface area contributed by atoms with Crippen molar-refractivity contribution in [1.82, 2.24) is 5.32 Å². The highest BCUT2D eigenvalue weighted by atomic mass is 35.5. The van der Waals surface area contributed by atoms with Crippen molar-refractivity contribution in [1.29, 1.82) is 0 Å². The third kappa shape index (κ3) is 5.28. The van der Waals surface area contributed by atoms with Gasteiger partial charge in [-0.3, -0.25) is 0 Å². The van der Waals surface area contributed by atoms with E-state index in [1.807, 2.05) is 44.2 Å². The molecule has 2 N–H and O–H groups in total. The third-order valence-electron chi connectivity index (χ3n) is 3.41. The first kappa shape index (κ1) is 17.8. The minimum atomic E-state index is -1.09. The van der Waals surface area contributed by atoms with Gasteiger partial charge in [-0.1, -0.05) is 52.7 Å². The Kier molecular flexibility index (Phi) is 6.21. The molecule has 0 saturated heterocycles. The number of carboxylic acid groups (broad SMARTS) is 1. The zero-order valence-corrected chi connectivity index (χ0v) is 14.3. The fraction of sp³-hybridized carbons (Fsp3) is 0.222. The summed E-state index contributed by atoms with van der Waals surface area (Å²) in [5.74, 6) is 0. The molecule has 0 aliphatic carbocycles. The van der Waals surface area contributed by atoms with Crippen molar-refractivity contribution in [3.63, 3.8) is 0 Å². The number of nitrogens with one attached hydrogen (secondary N) is 1. The van der Waals surface area contributed by atoms with Gasteiger partial charge in [0, 0.05) is 11.6 Å². The number of hydrogen-bond donors (Lipinski definition) is 2. The molecule has 24 heavy (non-hydrogen) atoms. The Bertz CT molecular complexity index is 760. The Morgan fingerprint density at radius 3 is 2.79 bits per heavy atom. The number of halogens is 1. The van der Waals surface area contributed by atoms with Crippen molar-refractivity contribution < 1.29 is 14.7 Å². The molecule has 1 amide bonds. The molecule has 0 atom stereocenters. The van der Waals surface area contributed by atoms with Gasteiger partial charge in [0.2, 0.25) is 0 Å². The molecule has 0 heterocycles. The zero-order valence-electron chi connectivity index (χ0n) is 13.5. The predicted molar refractivity (Wildman–Crippen MR) is 94.5 cm³/mol. The lowest BCUT2D eigenvalue weighted by Gasteiger charge is -2.08. The molecule has 2 rings (SSSR count). The largest absolute Gasteiger partial charge is 0.465 e. The smallest absolute Gasteiger partial charge is 0.404 e. The van der Waals surface area contributed by atoms with E-state index < -0.39 is 6.09 Å². The van der Waals surface area contributed by atoms with Gasteiger partial charge in [-0.15, -0.1) is 0 Å². The molecule has 2 aromatic carbocycles. The summed E-state index contributed by atoms with van der Waals surface area (Å²) in [7, 11) is 0. The van der Waals surface area contributed by atoms with E-state index in [1.165, 1.54) is 5.56 Å². The monoisotopic (exact) mass is 346 g/mol. The summed E-state index contributed by atoms with van der Waals surface area (Å²) in [5, 5.41) is 15.6. The van der Waals surface area contributed by atoms with Crippen LogP contribution < -0.4 is 5.32 Å². The molecule has 126 valence electrons. The van der Waals surface area contributed by atoms with Gasteiger partial charge in [-0.05, 0) is 42.7 Å². The number of carbonyl (C=O) groups is 1. The van der Waals surface area contributed by atoms with Gasteiger partial charge in [-0.2, -0.15) is 0 Å². The van der Waals surface area contributed by atoms with E-state index in [-0.39, 0.29) is 6.54 Å². The summed E-state index contributed by atoms with van der Waals surface area (Å²) in [4.78, 5) is 16.0. The number of oxime groups is 1. The SMILES string of the molecule is CC(=NOCc1cccc(C)c1)c1ccc(Cl)c(CNC(=O)O)c1. The van der Waals surface area contributed by atoms with Crippen LogP contribution in [0.2, 0.25) is 5.02 Å². The minimum absolute atomic E-state index is 0.138. The van der Waals surface area contributed by atoms with E-state index in [0.29, 0.717) is 22.9 Å². The summed E-state index contributed by atoms with van der Waals surface area (Å²) >= 11 is 6.08. The Balaban J connectivity index is 2.04. The third-order valence-corrected chi connectivity index (χ3v) is 3.78. The van der Waals surface area contributed by atoms with Crippen LogP contribution in [0.1, 0.15) is 29.2 Å². The molecule has 0 spiro atoms. The lowest BCUT2D eigenvalue weighted by molar-refractivity contribution is 0.130. The predicted octanol–water partition coefficient (Wildman–Crippen LogP) is 4.36. The average Bonchev–Trinajstić information content (AvgIpc) is 2.54. The van der Waals surface area contributed by atoms with Gasteiger partial charge in [-0.25, -0.2) is 4.79 Å². The first-order valence-electron chi connectivity index (χ1n) is 7.43. The van der Waals surface area contributed by atoms with Crippen molar-refractivity contribution in [2.45, 2.75) is 27.0 Å². The number of aryl methyl sites for hydroxylation is 1. The van der Waals surface area contributed by atoms with Crippen LogP contribution in [0.4, 0.5) is 4.79 Å². The van der Waals surface area contributed by atoms with Crippen LogP contribution in [-0.2, 0) is 18.0 Å². The topological polar surface area (TPSA) is 70.9 Å². The summed E-state index contributed by atoms with van der Waals surface area (Å²) in [6, 6.07) is 13.4. The van der Waals surface area contributed by atoms with Crippen LogP contribution in [0.15, 0.2) is 47.6 Å². The Morgan fingerprint density at radius 1 is 1.29 bits per heavy atom. The molecule has 0 aliphatic rings. The van der Waals surface area contributed by atoms with Crippen molar-refractivity contribution in [2.24, 2.45) is 5.16 Å². The number of amides is 1. The van der Waals surface area contributed by atoms with Crippen LogP contribution in [-0.4, -0.2) is 16.9 Å². The normalized spacial score (nSPS) is 11.2. The number of rotatable bonds is 6. The standard InChI is InChI=1S/C18H19ClN2O3/c1-12-4-3-5-14(8-12)11-24-21-13(2)15-6-7-17(19)16(9-15)10-20-18(22)23/h3-9,20H,10-11H2,1-2H3,(H,22,23). The Labute approximate surface area is 145 Å². The lowest BCUT2D eigenvalue weighted by Crippen LogP contribution is -2.20. The molecule has 6 heteroatoms. The van der Waals surface area contributed by atoms with Crippen LogP contribution in [0, 0.1) is 6.92 Å². The van der Waals surface area contributed by atoms with Gasteiger partial charge >= 0.3 is 6.09 Å². The maximum atomic E-state index is 10.6. The average molecular weight is 347 g/mol. The quantitative estimate of drug-likeness (QED) is 0.603. The van der Waals surface area contributed by atoms with Crippen molar-refractivity contribution in [3.8, 4) is 0 Å². The lowest BCUT2D eigenvalue weighted by atomic mass is 10.1. The van der Waals surface area contributed by atoms with Crippen LogP contribution >= 0.6 is 11.6 Å².